The molecule has 3 rings (SSSR count). The van der Waals surface area contributed by atoms with Gasteiger partial charge in [-0.2, -0.15) is 8.42 Å². The molecule has 0 saturated carbocycles. The summed E-state index contributed by atoms with van der Waals surface area (Å²) in [5, 5.41) is 11.8. The van der Waals surface area contributed by atoms with Crippen LogP contribution in [0.3, 0.4) is 0 Å². The van der Waals surface area contributed by atoms with E-state index in [1.807, 2.05) is 6.92 Å². The van der Waals surface area contributed by atoms with Crippen LogP contribution >= 0.6 is 15.9 Å². The van der Waals surface area contributed by atoms with Crippen molar-refractivity contribution in [1.29, 1.82) is 0 Å². The van der Waals surface area contributed by atoms with Gasteiger partial charge in [0.15, 0.2) is 5.52 Å². The number of nitrogens with zero attached hydrogens (tertiary/aromatic N) is 2. The number of benzene rings is 2. The van der Waals surface area contributed by atoms with Gasteiger partial charge in [0.05, 0.1) is 0 Å². The molecule has 0 N–H and O–H groups in total. The second kappa shape index (κ2) is 5.47. The van der Waals surface area contributed by atoms with Crippen LogP contribution in [0.25, 0.3) is 10.9 Å². The smallest absolute Gasteiger partial charge is 0.339 e. The molecule has 0 radical (unpaired) electrons. The average molecular weight is 395 g/mol. The van der Waals surface area contributed by atoms with Gasteiger partial charge in [0.25, 0.3) is 0 Å². The first-order valence-corrected chi connectivity index (χ1v) is 8.81. The number of fused-ring (bicyclic) bond motifs is 1. The molecule has 8 heteroatoms. The molecule has 118 valence electrons. The largest absolute Gasteiger partial charge is 0.358 e. The Kier molecular flexibility index (Phi) is 3.73. The zero-order valence-electron chi connectivity index (χ0n) is 11.9. The SMILES string of the molecule is Cc1ccc(S(=O)(=O)n2c([N+](=O)[O-])cc3ccc(Br)cc32)cc1. The van der Waals surface area contributed by atoms with E-state index in [1.54, 1.807) is 30.3 Å². The minimum Gasteiger partial charge on any atom is -0.358 e. The molecule has 0 amide bonds. The van der Waals surface area contributed by atoms with Crippen molar-refractivity contribution >= 4 is 42.7 Å². The zero-order chi connectivity index (χ0) is 16.8. The lowest BCUT2D eigenvalue weighted by molar-refractivity contribution is -0.389. The van der Waals surface area contributed by atoms with Gasteiger partial charge in [0, 0.05) is 22.0 Å². The molecule has 2 aromatic carbocycles. The van der Waals surface area contributed by atoms with Crippen molar-refractivity contribution in [1.82, 2.24) is 3.97 Å². The van der Waals surface area contributed by atoms with Crippen LogP contribution in [-0.4, -0.2) is 17.3 Å². The number of hydrogen-bond donors (Lipinski definition) is 0. The van der Waals surface area contributed by atoms with Crippen molar-refractivity contribution in [3.8, 4) is 0 Å². The molecular formula is C15H11BrN2O4S. The van der Waals surface area contributed by atoms with Crippen LogP contribution in [0.1, 0.15) is 5.56 Å². The Morgan fingerprint density at radius 2 is 1.74 bits per heavy atom. The first-order valence-electron chi connectivity index (χ1n) is 6.58. The van der Waals surface area contributed by atoms with Crippen LogP contribution in [0, 0.1) is 17.0 Å². The number of aromatic nitrogens is 1. The molecular weight excluding hydrogens is 384 g/mol. The van der Waals surface area contributed by atoms with E-state index in [9.17, 15) is 18.5 Å². The summed E-state index contributed by atoms with van der Waals surface area (Å²) >= 11 is 3.27. The minimum absolute atomic E-state index is 0.00340. The fraction of sp³-hybridized carbons (Fsp3) is 0.0667. The van der Waals surface area contributed by atoms with E-state index in [4.69, 9.17) is 0 Å². The molecule has 1 heterocycles. The summed E-state index contributed by atoms with van der Waals surface area (Å²) in [6.45, 7) is 1.83. The van der Waals surface area contributed by atoms with E-state index in [-0.39, 0.29) is 10.4 Å². The standard InChI is InChI=1S/C15H11BrN2O4S/c1-10-2-6-13(7-3-10)23(21,22)17-14-9-12(16)5-4-11(14)8-15(17)18(19)20/h2-9H,1H3. The van der Waals surface area contributed by atoms with Crippen LogP contribution in [0.4, 0.5) is 5.82 Å². The first kappa shape index (κ1) is 15.7. The number of nitro groups is 1. The van der Waals surface area contributed by atoms with Crippen LogP contribution in [0.15, 0.2) is 57.9 Å². The lowest BCUT2D eigenvalue weighted by Gasteiger charge is -2.05. The van der Waals surface area contributed by atoms with E-state index < -0.39 is 20.8 Å². The number of rotatable bonds is 3. The molecule has 0 unspecified atom stereocenters. The summed E-state index contributed by atoms with van der Waals surface area (Å²) in [6, 6.07) is 12.3. The van der Waals surface area contributed by atoms with Crippen LogP contribution < -0.4 is 0 Å². The van der Waals surface area contributed by atoms with Gasteiger partial charge in [0.1, 0.15) is 4.90 Å². The molecule has 0 saturated heterocycles. The minimum atomic E-state index is -4.08. The maximum atomic E-state index is 12.9. The van der Waals surface area contributed by atoms with Crippen LogP contribution in [-0.2, 0) is 10.0 Å². The molecule has 0 aliphatic carbocycles. The van der Waals surface area contributed by atoms with Crippen molar-refractivity contribution in [2.45, 2.75) is 11.8 Å². The van der Waals surface area contributed by atoms with Crippen molar-refractivity contribution in [2.75, 3.05) is 0 Å². The average Bonchev–Trinajstić information content (AvgIpc) is 2.87. The highest BCUT2D eigenvalue weighted by Gasteiger charge is 2.31. The number of hydrogen-bond acceptors (Lipinski definition) is 4. The van der Waals surface area contributed by atoms with Gasteiger partial charge < -0.3 is 10.1 Å². The molecule has 0 atom stereocenters. The predicted octanol–water partition coefficient (Wildman–Crippen LogP) is 3.86. The molecule has 6 nitrogen and oxygen atoms in total. The third kappa shape index (κ3) is 2.64. The number of aryl methyl sites for hydroxylation is 1. The quantitative estimate of drug-likeness (QED) is 0.498. The van der Waals surface area contributed by atoms with Crippen molar-refractivity contribution in [3.63, 3.8) is 0 Å². The fourth-order valence-corrected chi connectivity index (χ4v) is 4.15. The third-order valence-corrected chi connectivity index (χ3v) is 5.68. The lowest BCUT2D eigenvalue weighted by atomic mass is 10.2. The van der Waals surface area contributed by atoms with Crippen LogP contribution in [0.5, 0.6) is 0 Å². The Bertz CT molecular complexity index is 1020. The van der Waals surface area contributed by atoms with E-state index in [1.165, 1.54) is 18.2 Å². The molecule has 23 heavy (non-hydrogen) atoms. The Labute approximate surface area is 140 Å². The highest BCUT2D eigenvalue weighted by molar-refractivity contribution is 9.10. The van der Waals surface area contributed by atoms with Crippen molar-refractivity contribution in [2.24, 2.45) is 0 Å². The summed E-state index contributed by atoms with van der Waals surface area (Å²) in [7, 11) is -4.08. The Morgan fingerprint density at radius 1 is 1.09 bits per heavy atom. The molecule has 0 bridgehead atoms. The van der Waals surface area contributed by atoms with Gasteiger partial charge in [-0.1, -0.05) is 33.6 Å². The molecule has 1 aromatic heterocycles. The second-order valence-electron chi connectivity index (χ2n) is 5.05. The Morgan fingerprint density at radius 3 is 2.35 bits per heavy atom. The van der Waals surface area contributed by atoms with E-state index >= 15 is 0 Å². The van der Waals surface area contributed by atoms with Gasteiger partial charge in [-0.05, 0) is 36.1 Å². The van der Waals surface area contributed by atoms with E-state index in [0.29, 0.717) is 9.86 Å². The number of halogens is 1. The van der Waals surface area contributed by atoms with Gasteiger partial charge in [-0.15, -0.1) is 3.97 Å². The predicted molar refractivity (Wildman–Crippen MR) is 90.1 cm³/mol. The highest BCUT2D eigenvalue weighted by atomic mass is 79.9. The fourth-order valence-electron chi connectivity index (χ4n) is 2.33. The van der Waals surface area contributed by atoms with Gasteiger partial charge in [-0.25, -0.2) is 0 Å². The van der Waals surface area contributed by atoms with Gasteiger partial charge in [-0.3, -0.25) is 0 Å². The van der Waals surface area contributed by atoms with Gasteiger partial charge in [0.2, 0.25) is 0 Å². The molecule has 0 fully saturated rings. The normalized spacial score (nSPS) is 11.7. The third-order valence-electron chi connectivity index (χ3n) is 3.45. The molecule has 0 aliphatic heterocycles. The zero-order valence-corrected chi connectivity index (χ0v) is 14.3. The Balaban J connectivity index is 2.37. The van der Waals surface area contributed by atoms with Crippen molar-refractivity contribution < 1.29 is 13.3 Å². The summed E-state index contributed by atoms with van der Waals surface area (Å²) in [5.41, 5.74) is 1.16. The topological polar surface area (TPSA) is 82.2 Å². The second-order valence-corrected chi connectivity index (χ2v) is 7.75. The van der Waals surface area contributed by atoms with E-state index in [0.717, 1.165) is 9.54 Å². The maximum absolute atomic E-state index is 12.9. The summed E-state index contributed by atoms with van der Waals surface area (Å²) in [6.07, 6.45) is 0. The molecule has 0 spiro atoms. The van der Waals surface area contributed by atoms with Crippen LogP contribution in [0.2, 0.25) is 0 Å². The van der Waals surface area contributed by atoms with Crippen molar-refractivity contribution in [3.05, 3.63) is 68.7 Å². The summed E-state index contributed by atoms with van der Waals surface area (Å²) in [4.78, 5) is 10.6. The lowest BCUT2D eigenvalue weighted by Crippen LogP contribution is -2.15. The first-order chi connectivity index (χ1) is 10.8. The molecule has 3 aromatic rings. The molecule has 0 aliphatic rings. The Hall–Kier alpha value is -2.19. The highest BCUT2D eigenvalue weighted by Crippen LogP contribution is 2.32. The van der Waals surface area contributed by atoms with Gasteiger partial charge >= 0.3 is 15.8 Å². The summed E-state index contributed by atoms with van der Waals surface area (Å²) < 4.78 is 27.2. The monoisotopic (exact) mass is 394 g/mol. The maximum Gasteiger partial charge on any atom is 0.339 e. The summed E-state index contributed by atoms with van der Waals surface area (Å²) in [5.74, 6) is -0.487. The van der Waals surface area contributed by atoms with E-state index in [2.05, 4.69) is 15.9 Å².